The lowest BCUT2D eigenvalue weighted by Gasteiger charge is -2.34. The molecule has 1 heterocycles. The minimum absolute atomic E-state index is 0.155. The van der Waals surface area contributed by atoms with E-state index in [4.69, 9.17) is 9.47 Å². The van der Waals surface area contributed by atoms with Crippen molar-refractivity contribution in [3.8, 4) is 5.75 Å². The Balaban J connectivity index is 1.75. The van der Waals surface area contributed by atoms with Crippen LogP contribution in [0.1, 0.15) is 58.6 Å². The smallest absolute Gasteiger partial charge is 0.410 e. The Kier molecular flexibility index (Phi) is 8.59. The third kappa shape index (κ3) is 7.15. The van der Waals surface area contributed by atoms with Crippen LogP contribution in [0.25, 0.3) is 0 Å². The number of ether oxygens (including phenoxy) is 2. The molecule has 2 aromatic carbocycles. The second kappa shape index (κ2) is 11.1. The number of hydrogen-bond acceptors (Lipinski definition) is 5. The van der Waals surface area contributed by atoms with Gasteiger partial charge in [0, 0.05) is 13.1 Å². The first-order valence-electron chi connectivity index (χ1n) is 12.6. The van der Waals surface area contributed by atoms with Crippen molar-refractivity contribution >= 4 is 21.8 Å². The van der Waals surface area contributed by atoms with Gasteiger partial charge in [0.2, 0.25) is 0 Å². The maximum atomic E-state index is 13.7. The zero-order valence-corrected chi connectivity index (χ0v) is 23.4. The van der Waals surface area contributed by atoms with Crippen molar-refractivity contribution < 1.29 is 22.7 Å². The highest BCUT2D eigenvalue weighted by atomic mass is 32.2. The Bertz CT molecular complexity index is 1150. The molecular weight excluding hydrogens is 476 g/mol. The number of piperidine rings is 1. The quantitative estimate of drug-likeness (QED) is 0.456. The topological polar surface area (TPSA) is 76.2 Å². The molecule has 3 rings (SSSR count). The molecule has 7 nitrogen and oxygen atoms in total. The fourth-order valence-corrected chi connectivity index (χ4v) is 5.97. The van der Waals surface area contributed by atoms with E-state index in [2.05, 4.69) is 0 Å². The number of anilines is 1. The SMILES string of the molecule is Cc1ccc(N(CC(C)C)S(=O)(=O)c2ccc(OC3CCCN(C(=O)OC(C)(C)C)C3)cc2)c(C)c1. The van der Waals surface area contributed by atoms with E-state index >= 15 is 0 Å². The van der Waals surface area contributed by atoms with Gasteiger partial charge >= 0.3 is 6.09 Å². The molecule has 0 aromatic heterocycles. The second-order valence-corrected chi connectivity index (χ2v) is 12.9. The van der Waals surface area contributed by atoms with Gasteiger partial charge in [-0.15, -0.1) is 0 Å². The van der Waals surface area contributed by atoms with E-state index in [1.165, 1.54) is 4.31 Å². The Morgan fingerprint density at radius 2 is 1.78 bits per heavy atom. The van der Waals surface area contributed by atoms with Gasteiger partial charge in [0.15, 0.2) is 0 Å². The lowest BCUT2D eigenvalue weighted by Crippen LogP contribution is -2.46. The molecule has 0 saturated carbocycles. The number of nitrogens with zero attached hydrogens (tertiary/aromatic N) is 2. The lowest BCUT2D eigenvalue weighted by molar-refractivity contribution is 0.00775. The van der Waals surface area contributed by atoms with Crippen LogP contribution in [0.15, 0.2) is 47.4 Å². The molecule has 1 atom stereocenters. The number of amides is 1. The molecule has 1 aliphatic rings. The maximum absolute atomic E-state index is 13.7. The summed E-state index contributed by atoms with van der Waals surface area (Å²) in [5.74, 6) is 0.731. The molecule has 36 heavy (non-hydrogen) atoms. The van der Waals surface area contributed by atoms with Crippen molar-refractivity contribution in [2.45, 2.75) is 77.9 Å². The van der Waals surface area contributed by atoms with Crippen LogP contribution in [-0.4, -0.2) is 50.8 Å². The summed E-state index contributed by atoms with van der Waals surface area (Å²) in [5.41, 5.74) is 2.16. The predicted molar refractivity (Wildman–Crippen MR) is 143 cm³/mol. The zero-order valence-electron chi connectivity index (χ0n) is 22.6. The molecule has 1 saturated heterocycles. The number of hydrogen-bond donors (Lipinski definition) is 0. The largest absolute Gasteiger partial charge is 0.489 e. The van der Waals surface area contributed by atoms with Crippen LogP contribution in [0, 0.1) is 19.8 Å². The first-order chi connectivity index (χ1) is 16.8. The highest BCUT2D eigenvalue weighted by Crippen LogP contribution is 2.30. The van der Waals surface area contributed by atoms with Crippen LogP contribution in [0.5, 0.6) is 5.75 Å². The van der Waals surface area contributed by atoms with Crippen LogP contribution in [0.3, 0.4) is 0 Å². The van der Waals surface area contributed by atoms with E-state index in [9.17, 15) is 13.2 Å². The molecular formula is C28H40N2O5S. The summed E-state index contributed by atoms with van der Waals surface area (Å²) in [6.07, 6.45) is 1.11. The summed E-state index contributed by atoms with van der Waals surface area (Å²) in [6, 6.07) is 12.4. The Labute approximate surface area is 216 Å². The summed E-state index contributed by atoms with van der Waals surface area (Å²) in [6.45, 7) is 14.9. The van der Waals surface area contributed by atoms with E-state index < -0.39 is 15.6 Å². The molecule has 0 radical (unpaired) electrons. The molecule has 0 spiro atoms. The van der Waals surface area contributed by atoms with Gasteiger partial charge < -0.3 is 14.4 Å². The highest BCUT2D eigenvalue weighted by molar-refractivity contribution is 7.92. The van der Waals surface area contributed by atoms with E-state index in [1.807, 2.05) is 66.7 Å². The third-order valence-electron chi connectivity index (χ3n) is 5.90. The normalized spacial score (nSPS) is 16.7. The van der Waals surface area contributed by atoms with Crippen molar-refractivity contribution in [3.63, 3.8) is 0 Å². The van der Waals surface area contributed by atoms with Gasteiger partial charge in [-0.1, -0.05) is 31.5 Å². The van der Waals surface area contributed by atoms with Crippen molar-refractivity contribution in [2.24, 2.45) is 5.92 Å². The molecule has 1 fully saturated rings. The molecule has 1 aliphatic heterocycles. The van der Waals surface area contributed by atoms with E-state index in [0.29, 0.717) is 31.1 Å². The maximum Gasteiger partial charge on any atom is 0.410 e. The van der Waals surface area contributed by atoms with Gasteiger partial charge in [0.05, 0.1) is 17.1 Å². The van der Waals surface area contributed by atoms with Gasteiger partial charge in [-0.2, -0.15) is 0 Å². The van der Waals surface area contributed by atoms with Gasteiger partial charge in [-0.25, -0.2) is 13.2 Å². The molecule has 1 amide bonds. The van der Waals surface area contributed by atoms with Crippen LogP contribution in [-0.2, 0) is 14.8 Å². The fraction of sp³-hybridized carbons (Fsp3) is 0.536. The minimum Gasteiger partial charge on any atom is -0.489 e. The first kappa shape index (κ1) is 27.8. The van der Waals surface area contributed by atoms with Crippen LogP contribution >= 0.6 is 0 Å². The van der Waals surface area contributed by atoms with E-state index in [-0.39, 0.29) is 23.0 Å². The minimum atomic E-state index is -3.76. The molecule has 198 valence electrons. The second-order valence-electron chi connectivity index (χ2n) is 11.0. The summed E-state index contributed by atoms with van der Waals surface area (Å²) in [7, 11) is -3.76. The third-order valence-corrected chi connectivity index (χ3v) is 7.69. The molecule has 0 bridgehead atoms. The fourth-order valence-electron chi connectivity index (χ4n) is 4.28. The summed E-state index contributed by atoms with van der Waals surface area (Å²) >= 11 is 0. The van der Waals surface area contributed by atoms with Gasteiger partial charge in [-0.3, -0.25) is 4.31 Å². The number of benzene rings is 2. The molecule has 1 unspecified atom stereocenters. The van der Waals surface area contributed by atoms with Crippen molar-refractivity contribution in [1.29, 1.82) is 0 Å². The summed E-state index contributed by atoms with van der Waals surface area (Å²) in [5, 5.41) is 0. The van der Waals surface area contributed by atoms with E-state index in [1.54, 1.807) is 29.2 Å². The number of rotatable bonds is 7. The van der Waals surface area contributed by atoms with Gasteiger partial charge in [0.1, 0.15) is 17.5 Å². The number of sulfonamides is 1. The highest BCUT2D eigenvalue weighted by Gasteiger charge is 2.30. The van der Waals surface area contributed by atoms with Gasteiger partial charge in [0.25, 0.3) is 10.0 Å². The average molecular weight is 517 g/mol. The monoisotopic (exact) mass is 516 g/mol. The summed E-state index contributed by atoms with van der Waals surface area (Å²) < 4.78 is 40.4. The Morgan fingerprint density at radius 3 is 2.36 bits per heavy atom. The van der Waals surface area contributed by atoms with Crippen molar-refractivity contribution in [3.05, 3.63) is 53.6 Å². The average Bonchev–Trinajstić information content (AvgIpc) is 2.77. The standard InChI is InChI=1S/C28H40N2O5S/c1-20(2)18-30(26-15-10-21(3)17-22(26)4)36(32,33)25-13-11-23(12-14-25)34-24-9-8-16-29(19-24)27(31)35-28(5,6)7/h10-15,17,20,24H,8-9,16,18-19H2,1-7H3. The summed E-state index contributed by atoms with van der Waals surface area (Å²) in [4.78, 5) is 14.3. The van der Waals surface area contributed by atoms with Crippen molar-refractivity contribution in [1.82, 2.24) is 4.90 Å². The Morgan fingerprint density at radius 1 is 1.11 bits per heavy atom. The molecule has 0 N–H and O–H groups in total. The Hall–Kier alpha value is -2.74. The molecule has 8 heteroatoms. The number of likely N-dealkylation sites (tertiary alicyclic amines) is 1. The molecule has 2 aromatic rings. The zero-order chi connectivity index (χ0) is 26.7. The number of carbonyl (C=O) groups is 1. The van der Waals surface area contributed by atoms with Gasteiger partial charge in [-0.05, 0) is 89.3 Å². The van der Waals surface area contributed by atoms with Crippen molar-refractivity contribution in [2.75, 3.05) is 23.9 Å². The number of carbonyl (C=O) groups excluding carboxylic acids is 1. The molecule has 0 aliphatic carbocycles. The van der Waals surface area contributed by atoms with Crippen LogP contribution < -0.4 is 9.04 Å². The predicted octanol–water partition coefficient (Wildman–Crippen LogP) is 5.93. The lowest BCUT2D eigenvalue weighted by atomic mass is 10.1. The van der Waals surface area contributed by atoms with E-state index in [0.717, 1.165) is 24.0 Å². The first-order valence-corrected chi connectivity index (χ1v) is 14.0. The van der Waals surface area contributed by atoms with Crippen LogP contribution in [0.4, 0.5) is 10.5 Å². The van der Waals surface area contributed by atoms with Crippen LogP contribution in [0.2, 0.25) is 0 Å². The number of aryl methyl sites for hydroxylation is 2.